The van der Waals surface area contributed by atoms with Crippen molar-refractivity contribution in [1.29, 1.82) is 0 Å². The number of hydrogen-bond acceptors (Lipinski definition) is 1. The van der Waals surface area contributed by atoms with Gasteiger partial charge in [-0.3, -0.25) is 4.79 Å². The molecular formula is C20H28O. The molecule has 0 amide bonds. The predicted molar refractivity (Wildman–Crippen MR) is 87.6 cm³/mol. The minimum Gasteiger partial charge on any atom is -0.295 e. The predicted octanol–water partition coefficient (Wildman–Crippen LogP) is 5.57. The van der Waals surface area contributed by atoms with Crippen LogP contribution in [-0.4, -0.2) is 5.78 Å². The maximum absolute atomic E-state index is 11.3. The largest absolute Gasteiger partial charge is 0.295 e. The molecule has 1 aromatic carbocycles. The quantitative estimate of drug-likeness (QED) is 0.646. The van der Waals surface area contributed by atoms with Gasteiger partial charge in [-0.2, -0.15) is 0 Å². The number of hydrogen-bond donors (Lipinski definition) is 0. The molecule has 4 rings (SSSR count). The van der Waals surface area contributed by atoms with Crippen molar-refractivity contribution in [3.63, 3.8) is 0 Å². The van der Waals surface area contributed by atoms with Crippen molar-refractivity contribution in [2.45, 2.75) is 71.6 Å². The second-order valence-corrected chi connectivity index (χ2v) is 7.61. The molecule has 1 aromatic rings. The van der Waals surface area contributed by atoms with Crippen LogP contribution in [0.5, 0.6) is 0 Å². The smallest absolute Gasteiger partial charge is 0.159 e. The molecule has 0 radical (unpaired) electrons. The van der Waals surface area contributed by atoms with Gasteiger partial charge in [0, 0.05) is 5.56 Å². The minimum absolute atomic E-state index is 0.163. The van der Waals surface area contributed by atoms with Crippen LogP contribution in [0.25, 0.3) is 0 Å². The summed E-state index contributed by atoms with van der Waals surface area (Å²) in [7, 11) is 0. The first-order chi connectivity index (χ1) is 10.1. The maximum Gasteiger partial charge on any atom is 0.159 e. The van der Waals surface area contributed by atoms with E-state index in [-0.39, 0.29) is 5.78 Å². The Morgan fingerprint density at radius 3 is 1.95 bits per heavy atom. The van der Waals surface area contributed by atoms with Crippen molar-refractivity contribution in [2.75, 3.05) is 0 Å². The highest BCUT2D eigenvalue weighted by Gasteiger charge is 2.46. The zero-order valence-corrected chi connectivity index (χ0v) is 13.6. The van der Waals surface area contributed by atoms with E-state index in [9.17, 15) is 4.79 Å². The van der Waals surface area contributed by atoms with Gasteiger partial charge in [0.1, 0.15) is 0 Å². The molecule has 0 saturated heterocycles. The highest BCUT2D eigenvalue weighted by atomic mass is 16.1. The van der Waals surface area contributed by atoms with Gasteiger partial charge in [-0.25, -0.2) is 0 Å². The molecule has 2 bridgehead atoms. The van der Waals surface area contributed by atoms with Gasteiger partial charge >= 0.3 is 0 Å². The van der Waals surface area contributed by atoms with Crippen molar-refractivity contribution in [3.8, 4) is 0 Å². The molecular weight excluding hydrogens is 256 g/mol. The second kappa shape index (κ2) is 5.59. The van der Waals surface area contributed by atoms with Crippen molar-refractivity contribution in [3.05, 3.63) is 35.4 Å². The van der Waals surface area contributed by atoms with Gasteiger partial charge in [-0.1, -0.05) is 37.6 Å². The molecule has 114 valence electrons. The van der Waals surface area contributed by atoms with E-state index in [1.54, 1.807) is 6.92 Å². The Kier molecular flexibility index (Phi) is 3.94. The maximum atomic E-state index is 11.3. The van der Waals surface area contributed by atoms with E-state index in [1.165, 1.54) is 63.4 Å². The number of fused-ring (bicyclic) bond motifs is 3. The monoisotopic (exact) mass is 284 g/mol. The topological polar surface area (TPSA) is 17.1 Å². The lowest BCUT2D eigenvalue weighted by molar-refractivity contribution is -0.0162. The van der Waals surface area contributed by atoms with Crippen molar-refractivity contribution in [1.82, 2.24) is 0 Å². The number of carbonyl (C=O) groups excluding carboxylic acids is 1. The Balaban J connectivity index is 1.59. The third-order valence-corrected chi connectivity index (χ3v) is 6.61. The van der Waals surface area contributed by atoms with E-state index in [0.29, 0.717) is 10.8 Å². The number of ketones is 1. The van der Waals surface area contributed by atoms with Crippen LogP contribution in [0.3, 0.4) is 0 Å². The molecule has 21 heavy (non-hydrogen) atoms. The van der Waals surface area contributed by atoms with Crippen LogP contribution in [-0.2, 0) is 6.42 Å². The fourth-order valence-electron chi connectivity index (χ4n) is 4.56. The van der Waals surface area contributed by atoms with E-state index in [2.05, 4.69) is 19.1 Å². The Morgan fingerprint density at radius 1 is 0.952 bits per heavy atom. The van der Waals surface area contributed by atoms with Gasteiger partial charge in [0.2, 0.25) is 0 Å². The standard InChI is InChI=1S/C20H28O/c1-3-19-10-13-20(14-11-19,15-12-19)9-8-17-4-6-18(7-5-17)16(2)21/h4-7H,3,8-15H2,1-2H3. The normalized spacial score (nSPS) is 31.3. The molecule has 0 N–H and O–H groups in total. The third-order valence-electron chi connectivity index (χ3n) is 6.61. The van der Waals surface area contributed by atoms with Crippen LogP contribution in [0.1, 0.15) is 81.1 Å². The number of benzene rings is 1. The van der Waals surface area contributed by atoms with E-state index in [1.807, 2.05) is 12.1 Å². The number of carbonyl (C=O) groups is 1. The first kappa shape index (κ1) is 14.8. The first-order valence-corrected chi connectivity index (χ1v) is 8.66. The molecule has 3 saturated carbocycles. The molecule has 0 unspecified atom stereocenters. The lowest BCUT2D eigenvalue weighted by atomic mass is 9.52. The fraction of sp³-hybridized carbons (Fsp3) is 0.650. The summed E-state index contributed by atoms with van der Waals surface area (Å²) in [5.74, 6) is 0.163. The zero-order valence-electron chi connectivity index (χ0n) is 13.6. The molecule has 1 nitrogen and oxygen atoms in total. The highest BCUT2D eigenvalue weighted by molar-refractivity contribution is 5.93. The molecule has 1 heteroatoms. The van der Waals surface area contributed by atoms with Gasteiger partial charge in [0.25, 0.3) is 0 Å². The highest BCUT2D eigenvalue weighted by Crippen LogP contribution is 2.59. The van der Waals surface area contributed by atoms with E-state index >= 15 is 0 Å². The fourth-order valence-corrected chi connectivity index (χ4v) is 4.56. The first-order valence-electron chi connectivity index (χ1n) is 8.66. The number of aryl methyl sites for hydroxylation is 1. The van der Waals surface area contributed by atoms with E-state index in [4.69, 9.17) is 0 Å². The van der Waals surface area contributed by atoms with Crippen LogP contribution in [0.15, 0.2) is 24.3 Å². The van der Waals surface area contributed by atoms with Crippen LogP contribution < -0.4 is 0 Å². The summed E-state index contributed by atoms with van der Waals surface area (Å²) in [6.07, 6.45) is 12.6. The van der Waals surface area contributed by atoms with Crippen molar-refractivity contribution in [2.24, 2.45) is 10.8 Å². The van der Waals surface area contributed by atoms with Gasteiger partial charge in [0.05, 0.1) is 0 Å². The average molecular weight is 284 g/mol. The minimum atomic E-state index is 0.163. The van der Waals surface area contributed by atoms with Gasteiger partial charge < -0.3 is 0 Å². The van der Waals surface area contributed by atoms with Crippen LogP contribution >= 0.6 is 0 Å². The number of Topliss-reactive ketones (excluding diaryl/α,β-unsaturated/α-hetero) is 1. The molecule has 3 aliphatic rings. The molecule has 0 aromatic heterocycles. The summed E-state index contributed by atoms with van der Waals surface area (Å²) in [4.78, 5) is 11.3. The van der Waals surface area contributed by atoms with Crippen molar-refractivity contribution < 1.29 is 4.79 Å². The Hall–Kier alpha value is -1.11. The van der Waals surface area contributed by atoms with Gasteiger partial charge in [-0.05, 0) is 74.7 Å². The molecule has 0 aliphatic heterocycles. The third kappa shape index (κ3) is 2.93. The molecule has 0 heterocycles. The molecule has 3 fully saturated rings. The van der Waals surface area contributed by atoms with Crippen LogP contribution in [0.4, 0.5) is 0 Å². The Bertz CT molecular complexity index is 487. The molecule has 3 aliphatic carbocycles. The molecule has 0 atom stereocenters. The van der Waals surface area contributed by atoms with Gasteiger partial charge in [-0.15, -0.1) is 0 Å². The summed E-state index contributed by atoms with van der Waals surface area (Å²) in [5, 5.41) is 0. The lowest BCUT2D eigenvalue weighted by Crippen LogP contribution is -2.41. The summed E-state index contributed by atoms with van der Waals surface area (Å²) in [6, 6.07) is 8.27. The van der Waals surface area contributed by atoms with Crippen molar-refractivity contribution >= 4 is 5.78 Å². The van der Waals surface area contributed by atoms with Crippen LogP contribution in [0.2, 0.25) is 0 Å². The lowest BCUT2D eigenvalue weighted by Gasteiger charge is -2.53. The van der Waals surface area contributed by atoms with Crippen LogP contribution in [0, 0.1) is 10.8 Å². The average Bonchev–Trinajstić information content (AvgIpc) is 2.55. The summed E-state index contributed by atoms with van der Waals surface area (Å²) in [6.45, 7) is 4.02. The number of rotatable bonds is 5. The summed E-state index contributed by atoms with van der Waals surface area (Å²) >= 11 is 0. The zero-order chi connectivity index (χ0) is 14.9. The SMILES string of the molecule is CCC12CCC(CCc3ccc(C(C)=O)cc3)(CC1)CC2. The Morgan fingerprint density at radius 2 is 1.48 bits per heavy atom. The van der Waals surface area contributed by atoms with E-state index in [0.717, 1.165) is 5.56 Å². The molecule has 0 spiro atoms. The van der Waals surface area contributed by atoms with E-state index < -0.39 is 0 Å². The Labute approximate surface area is 129 Å². The second-order valence-electron chi connectivity index (χ2n) is 7.61. The van der Waals surface area contributed by atoms with Gasteiger partial charge in [0.15, 0.2) is 5.78 Å². The summed E-state index contributed by atoms with van der Waals surface area (Å²) < 4.78 is 0. The summed E-state index contributed by atoms with van der Waals surface area (Å²) in [5.41, 5.74) is 3.58.